The van der Waals surface area contributed by atoms with Gasteiger partial charge in [0.25, 0.3) is 0 Å². The van der Waals surface area contributed by atoms with Crippen molar-refractivity contribution in [2.75, 3.05) is 18.2 Å². The highest BCUT2D eigenvalue weighted by Gasteiger charge is 2.14. The van der Waals surface area contributed by atoms with Crippen LogP contribution in [0.5, 0.6) is 0 Å². The van der Waals surface area contributed by atoms with E-state index in [-0.39, 0.29) is 5.56 Å². The minimum atomic E-state index is -0.504. The highest BCUT2D eigenvalue weighted by atomic mass is 16.5. The van der Waals surface area contributed by atoms with E-state index in [0.717, 1.165) is 5.69 Å². The molecule has 0 unspecified atom stereocenters. The lowest BCUT2D eigenvalue weighted by atomic mass is 10.2. The number of methoxy groups -OCH3 is 1. The lowest BCUT2D eigenvalue weighted by Crippen LogP contribution is -2.10. The Balaban J connectivity index is 2.17. The molecule has 2 heterocycles. The molecule has 2 aromatic rings. The Morgan fingerprint density at radius 1 is 1.53 bits per heavy atom. The molecule has 0 aromatic carbocycles. The van der Waals surface area contributed by atoms with E-state index in [4.69, 9.17) is 10.3 Å². The van der Waals surface area contributed by atoms with Crippen LogP contribution in [0, 0.1) is 6.92 Å². The topological polar surface area (TPSA) is 103 Å². The first-order chi connectivity index (χ1) is 9.10. The highest BCUT2D eigenvalue weighted by Crippen LogP contribution is 2.17. The summed E-state index contributed by atoms with van der Waals surface area (Å²) in [6.07, 6.45) is 1.46. The number of nitrogen functional groups attached to an aromatic ring is 1. The van der Waals surface area contributed by atoms with Crippen molar-refractivity contribution in [2.24, 2.45) is 0 Å². The smallest absolute Gasteiger partial charge is 0.341 e. The second-order valence-corrected chi connectivity index (χ2v) is 3.94. The molecule has 0 atom stereocenters. The van der Waals surface area contributed by atoms with Gasteiger partial charge in [0.1, 0.15) is 11.4 Å². The lowest BCUT2D eigenvalue weighted by Gasteiger charge is -2.08. The summed E-state index contributed by atoms with van der Waals surface area (Å²) >= 11 is 0. The molecule has 0 amide bonds. The Morgan fingerprint density at radius 3 is 2.95 bits per heavy atom. The van der Waals surface area contributed by atoms with Crippen LogP contribution in [0.4, 0.5) is 11.5 Å². The molecular weight excluding hydrogens is 248 g/mol. The SMILES string of the molecule is COC(=O)c1cc(N)cnc1NCc1cc(C)no1. The summed E-state index contributed by atoms with van der Waals surface area (Å²) in [6.45, 7) is 2.19. The first-order valence-corrected chi connectivity index (χ1v) is 5.60. The molecule has 0 aliphatic heterocycles. The summed E-state index contributed by atoms with van der Waals surface area (Å²) in [4.78, 5) is 15.7. The van der Waals surface area contributed by atoms with Gasteiger partial charge in [-0.2, -0.15) is 0 Å². The highest BCUT2D eigenvalue weighted by molar-refractivity contribution is 5.95. The van der Waals surface area contributed by atoms with E-state index in [9.17, 15) is 4.79 Å². The molecule has 7 nitrogen and oxygen atoms in total. The van der Waals surface area contributed by atoms with Crippen LogP contribution in [0.15, 0.2) is 22.9 Å². The van der Waals surface area contributed by atoms with Crippen molar-refractivity contribution < 1.29 is 14.1 Å². The van der Waals surface area contributed by atoms with Crippen molar-refractivity contribution in [3.63, 3.8) is 0 Å². The van der Waals surface area contributed by atoms with Crippen LogP contribution >= 0.6 is 0 Å². The van der Waals surface area contributed by atoms with E-state index >= 15 is 0 Å². The molecule has 3 N–H and O–H groups in total. The zero-order valence-corrected chi connectivity index (χ0v) is 10.6. The Bertz CT molecular complexity index is 594. The maximum atomic E-state index is 11.6. The molecule has 0 fully saturated rings. The molecule has 0 aliphatic rings. The van der Waals surface area contributed by atoms with E-state index in [1.54, 1.807) is 6.07 Å². The number of esters is 1. The number of carbonyl (C=O) groups is 1. The number of aromatic nitrogens is 2. The molecule has 7 heteroatoms. The van der Waals surface area contributed by atoms with Crippen molar-refractivity contribution in [2.45, 2.75) is 13.5 Å². The zero-order chi connectivity index (χ0) is 13.8. The average molecular weight is 262 g/mol. The molecule has 0 radical (unpaired) electrons. The van der Waals surface area contributed by atoms with Crippen molar-refractivity contribution in [1.82, 2.24) is 10.1 Å². The molecule has 0 aliphatic carbocycles. The maximum absolute atomic E-state index is 11.6. The second-order valence-electron chi connectivity index (χ2n) is 3.94. The first-order valence-electron chi connectivity index (χ1n) is 5.60. The first kappa shape index (κ1) is 12.9. The zero-order valence-electron chi connectivity index (χ0n) is 10.6. The number of nitrogens with two attached hydrogens (primary N) is 1. The monoisotopic (exact) mass is 262 g/mol. The quantitative estimate of drug-likeness (QED) is 0.801. The van der Waals surface area contributed by atoms with Gasteiger partial charge in [-0.25, -0.2) is 9.78 Å². The molecule has 0 saturated heterocycles. The van der Waals surface area contributed by atoms with Gasteiger partial charge in [0, 0.05) is 6.07 Å². The summed E-state index contributed by atoms with van der Waals surface area (Å²) < 4.78 is 9.73. The average Bonchev–Trinajstić information content (AvgIpc) is 2.82. The minimum absolute atomic E-state index is 0.277. The van der Waals surface area contributed by atoms with Crippen molar-refractivity contribution in [3.05, 3.63) is 35.3 Å². The van der Waals surface area contributed by atoms with Gasteiger partial charge in [0.15, 0.2) is 5.76 Å². The molecule has 0 saturated carbocycles. The van der Waals surface area contributed by atoms with E-state index in [1.165, 1.54) is 19.4 Å². The number of rotatable bonds is 4. The summed E-state index contributed by atoms with van der Waals surface area (Å²) in [7, 11) is 1.30. The summed E-state index contributed by atoms with van der Waals surface area (Å²) in [5, 5.41) is 6.75. The van der Waals surface area contributed by atoms with Gasteiger partial charge < -0.3 is 20.3 Å². The Kier molecular flexibility index (Phi) is 3.65. The van der Waals surface area contributed by atoms with Gasteiger partial charge >= 0.3 is 5.97 Å². The largest absolute Gasteiger partial charge is 0.465 e. The predicted molar refractivity (Wildman–Crippen MR) is 68.6 cm³/mol. The standard InChI is InChI=1S/C12H14N4O3/c1-7-3-9(19-16-7)6-15-11-10(12(17)18-2)4-8(13)5-14-11/h3-5H,6,13H2,1-2H3,(H,14,15). The third-order valence-corrected chi connectivity index (χ3v) is 2.42. The number of nitrogens with zero attached hydrogens (tertiary/aromatic N) is 2. The van der Waals surface area contributed by atoms with Crippen LogP contribution in [0.3, 0.4) is 0 Å². The predicted octanol–water partition coefficient (Wildman–Crippen LogP) is 1.36. The van der Waals surface area contributed by atoms with Crippen molar-refractivity contribution in [1.29, 1.82) is 0 Å². The number of hydrogen-bond acceptors (Lipinski definition) is 7. The molecule has 0 spiro atoms. The number of aryl methyl sites for hydroxylation is 1. The lowest BCUT2D eigenvalue weighted by molar-refractivity contribution is 0.0601. The molecule has 19 heavy (non-hydrogen) atoms. The minimum Gasteiger partial charge on any atom is -0.465 e. The Morgan fingerprint density at radius 2 is 2.32 bits per heavy atom. The van der Waals surface area contributed by atoms with Gasteiger partial charge in [0.2, 0.25) is 0 Å². The number of anilines is 2. The summed E-state index contributed by atoms with van der Waals surface area (Å²) in [5.41, 5.74) is 7.06. The molecule has 0 bridgehead atoms. The van der Waals surface area contributed by atoms with Crippen LogP contribution in [-0.2, 0) is 11.3 Å². The molecule has 2 aromatic heterocycles. The molecular formula is C12H14N4O3. The number of hydrogen-bond donors (Lipinski definition) is 2. The second kappa shape index (κ2) is 5.38. The fraction of sp³-hybridized carbons (Fsp3) is 0.250. The van der Waals surface area contributed by atoms with Crippen LogP contribution in [0.2, 0.25) is 0 Å². The van der Waals surface area contributed by atoms with Gasteiger partial charge in [0.05, 0.1) is 31.2 Å². The van der Waals surface area contributed by atoms with Gasteiger partial charge in [-0.1, -0.05) is 5.16 Å². The Labute approximate surface area is 109 Å². The van der Waals surface area contributed by atoms with Gasteiger partial charge in [-0.3, -0.25) is 0 Å². The third-order valence-electron chi connectivity index (χ3n) is 2.42. The number of ether oxygens (including phenoxy) is 1. The maximum Gasteiger partial charge on any atom is 0.341 e. The van der Waals surface area contributed by atoms with Crippen LogP contribution in [0.25, 0.3) is 0 Å². The van der Waals surface area contributed by atoms with E-state index < -0.39 is 5.97 Å². The normalized spacial score (nSPS) is 10.2. The third kappa shape index (κ3) is 3.01. The van der Waals surface area contributed by atoms with E-state index in [1.807, 2.05) is 6.92 Å². The van der Waals surface area contributed by atoms with E-state index in [0.29, 0.717) is 23.8 Å². The number of pyridine rings is 1. The number of carbonyl (C=O) groups excluding carboxylic acids is 1. The summed E-state index contributed by atoms with van der Waals surface area (Å²) in [5.74, 6) is 0.526. The fourth-order valence-electron chi connectivity index (χ4n) is 1.56. The van der Waals surface area contributed by atoms with Crippen molar-refractivity contribution in [3.8, 4) is 0 Å². The van der Waals surface area contributed by atoms with Crippen molar-refractivity contribution >= 4 is 17.5 Å². The van der Waals surface area contributed by atoms with Crippen LogP contribution < -0.4 is 11.1 Å². The van der Waals surface area contributed by atoms with Crippen LogP contribution in [-0.4, -0.2) is 23.2 Å². The van der Waals surface area contributed by atoms with E-state index in [2.05, 4.69) is 20.2 Å². The van der Waals surface area contributed by atoms with Gasteiger partial charge in [-0.15, -0.1) is 0 Å². The fourth-order valence-corrected chi connectivity index (χ4v) is 1.56. The van der Waals surface area contributed by atoms with Gasteiger partial charge in [-0.05, 0) is 13.0 Å². The summed E-state index contributed by atoms with van der Waals surface area (Å²) in [6, 6.07) is 3.30. The van der Waals surface area contributed by atoms with Crippen LogP contribution in [0.1, 0.15) is 21.8 Å². The Hall–Kier alpha value is -2.57. The molecule has 2 rings (SSSR count). The number of nitrogens with one attached hydrogen (secondary N) is 1. The molecule has 100 valence electrons.